The smallest absolute Gasteiger partial charge is 0.124 e. The minimum Gasteiger partial charge on any atom is -0.235 e. The highest BCUT2D eigenvalue weighted by atomic mass is 32.1. The van der Waals surface area contributed by atoms with Gasteiger partial charge in [0.15, 0.2) is 0 Å². The van der Waals surface area contributed by atoms with Gasteiger partial charge in [-0.15, -0.1) is 22.7 Å². The van der Waals surface area contributed by atoms with Crippen molar-refractivity contribution in [1.82, 2.24) is 9.97 Å². The van der Waals surface area contributed by atoms with Crippen molar-refractivity contribution in [1.29, 1.82) is 0 Å². The molecule has 4 heteroatoms. The molecule has 0 fully saturated rings. The Kier molecular flexibility index (Phi) is 9.38. The third-order valence-corrected chi connectivity index (χ3v) is 17.6. The van der Waals surface area contributed by atoms with Crippen LogP contribution in [-0.4, -0.2) is 9.97 Å². The summed E-state index contributed by atoms with van der Waals surface area (Å²) in [6.07, 6.45) is 0. The van der Waals surface area contributed by atoms with Gasteiger partial charge in [-0.05, 0) is 154 Å². The van der Waals surface area contributed by atoms with Gasteiger partial charge in [0.25, 0.3) is 0 Å². The number of hydrogen-bond donors (Lipinski definition) is 0. The Morgan fingerprint density at radius 2 is 0.699 bits per heavy atom. The molecule has 2 nitrogen and oxygen atoms in total. The van der Waals surface area contributed by atoms with Gasteiger partial charge < -0.3 is 0 Å². The van der Waals surface area contributed by atoms with E-state index in [1.807, 2.05) is 0 Å². The van der Waals surface area contributed by atoms with E-state index in [9.17, 15) is 0 Å². The highest BCUT2D eigenvalue weighted by Crippen LogP contribution is 2.50. The fourth-order valence-corrected chi connectivity index (χ4v) is 13.7. The van der Waals surface area contributed by atoms with Crippen molar-refractivity contribution in [3.05, 3.63) is 242 Å². The van der Waals surface area contributed by atoms with Crippen LogP contribution in [0.4, 0.5) is 0 Å². The third kappa shape index (κ3) is 6.82. The largest absolute Gasteiger partial charge is 0.235 e. The molecule has 342 valence electrons. The number of thiazole rings is 2. The van der Waals surface area contributed by atoms with Gasteiger partial charge >= 0.3 is 0 Å². The second kappa shape index (κ2) is 16.2. The normalized spacial score (nSPS) is 12.9. The van der Waals surface area contributed by atoms with Gasteiger partial charge in [-0.25, -0.2) is 9.97 Å². The van der Waals surface area contributed by atoms with E-state index in [1.54, 1.807) is 22.7 Å². The van der Waals surface area contributed by atoms with Crippen molar-refractivity contribution in [3.8, 4) is 76.8 Å². The maximum absolute atomic E-state index is 5.34. The summed E-state index contributed by atoms with van der Waals surface area (Å²) in [5.74, 6) is 0. The van der Waals surface area contributed by atoms with Gasteiger partial charge in [0.05, 0.1) is 20.4 Å². The molecule has 73 heavy (non-hydrogen) atoms. The van der Waals surface area contributed by atoms with E-state index in [0.717, 1.165) is 43.3 Å². The molecule has 0 atom stereocenters. The standard InChI is InChI=1S/C69H44N2S2/c1-69(2)59-19-10-9-18-55(59)56-31-28-51(40-60(56)69)47-16-11-17-48(34-47)52-35-53(49-26-22-41-20-24-43-29-32-61-65(63(43)57(41)38-49)70-67(72-61)45-12-5-3-6-13-45)37-54(36-52)50-27-23-42-21-25-44-30-33-62-66(64(44)58(42)39-50)71-68(73-62)46-14-7-4-8-15-46/h3-40H,1-2H3. The van der Waals surface area contributed by atoms with Crippen LogP contribution >= 0.6 is 22.7 Å². The lowest BCUT2D eigenvalue weighted by Crippen LogP contribution is -2.14. The number of rotatable bonds is 6. The number of hydrogen-bond acceptors (Lipinski definition) is 4. The quantitative estimate of drug-likeness (QED) is 0.155. The van der Waals surface area contributed by atoms with Crippen molar-refractivity contribution in [2.45, 2.75) is 19.3 Å². The van der Waals surface area contributed by atoms with Crippen LogP contribution in [0, 0.1) is 0 Å². The zero-order chi connectivity index (χ0) is 48.4. The van der Waals surface area contributed by atoms with E-state index in [1.165, 1.54) is 108 Å². The molecule has 0 spiro atoms. The molecule has 12 aromatic carbocycles. The van der Waals surface area contributed by atoms with Crippen LogP contribution < -0.4 is 0 Å². The first-order chi connectivity index (χ1) is 35.9. The van der Waals surface area contributed by atoms with E-state index >= 15 is 0 Å². The first kappa shape index (κ1) is 42.2. The zero-order valence-electron chi connectivity index (χ0n) is 40.2. The SMILES string of the molecule is CC1(C)c2ccccc2-c2ccc(-c3cccc(-c4cc(-c5ccc6ccc7ccc8sc(-c9ccccc9)nc8c7c6c5)cc(-c5ccc6ccc7ccc8sc(-c9ccccc9)nc8c7c6c5)c4)c3)cc21. The Bertz CT molecular complexity index is 4360. The number of fused-ring (bicyclic) bond motifs is 13. The van der Waals surface area contributed by atoms with E-state index in [-0.39, 0.29) is 5.41 Å². The summed E-state index contributed by atoms with van der Waals surface area (Å²) in [6.45, 7) is 4.72. The maximum Gasteiger partial charge on any atom is 0.124 e. The lowest BCUT2D eigenvalue weighted by atomic mass is 9.81. The van der Waals surface area contributed by atoms with Crippen LogP contribution in [0.3, 0.4) is 0 Å². The fraction of sp³-hybridized carbons (Fsp3) is 0.0435. The molecule has 0 saturated heterocycles. The lowest BCUT2D eigenvalue weighted by molar-refractivity contribution is 0.660. The number of aromatic nitrogens is 2. The predicted octanol–water partition coefficient (Wildman–Crippen LogP) is 19.8. The van der Waals surface area contributed by atoms with E-state index in [0.29, 0.717) is 0 Å². The van der Waals surface area contributed by atoms with Crippen LogP contribution in [0.5, 0.6) is 0 Å². The number of nitrogens with zero attached hydrogens (tertiary/aromatic N) is 2. The zero-order valence-corrected chi connectivity index (χ0v) is 41.8. The summed E-state index contributed by atoms with van der Waals surface area (Å²) in [5, 5.41) is 11.7. The molecule has 0 amide bonds. The summed E-state index contributed by atoms with van der Waals surface area (Å²) in [5.41, 5.74) is 19.2. The Balaban J connectivity index is 0.920. The molecule has 14 aromatic rings. The van der Waals surface area contributed by atoms with Crippen molar-refractivity contribution in [3.63, 3.8) is 0 Å². The summed E-state index contributed by atoms with van der Waals surface area (Å²) in [6, 6.07) is 85.4. The highest BCUT2D eigenvalue weighted by molar-refractivity contribution is 7.22. The molecule has 15 rings (SSSR count). The highest BCUT2D eigenvalue weighted by Gasteiger charge is 2.35. The molecule has 0 N–H and O–H groups in total. The van der Waals surface area contributed by atoms with Crippen LogP contribution in [0.2, 0.25) is 0 Å². The molecule has 0 unspecified atom stereocenters. The molecular weight excluding hydrogens is 921 g/mol. The van der Waals surface area contributed by atoms with Crippen LogP contribution in [0.25, 0.3) is 140 Å². The van der Waals surface area contributed by atoms with Crippen LogP contribution in [-0.2, 0) is 5.41 Å². The third-order valence-electron chi connectivity index (χ3n) is 15.5. The van der Waals surface area contributed by atoms with Crippen LogP contribution in [0.1, 0.15) is 25.0 Å². The Labute approximate surface area is 431 Å². The van der Waals surface area contributed by atoms with Crippen molar-refractivity contribution in [2.24, 2.45) is 0 Å². The molecule has 0 bridgehead atoms. The molecule has 0 saturated carbocycles. The van der Waals surface area contributed by atoms with Crippen molar-refractivity contribution in [2.75, 3.05) is 0 Å². The summed E-state index contributed by atoms with van der Waals surface area (Å²) < 4.78 is 2.39. The molecule has 0 aliphatic heterocycles. The van der Waals surface area contributed by atoms with Crippen molar-refractivity contribution < 1.29 is 0 Å². The minimum absolute atomic E-state index is 0.0793. The topological polar surface area (TPSA) is 25.8 Å². The summed E-state index contributed by atoms with van der Waals surface area (Å²) in [7, 11) is 0. The fourth-order valence-electron chi connectivity index (χ4n) is 11.7. The molecule has 0 radical (unpaired) electrons. The first-order valence-electron chi connectivity index (χ1n) is 25.0. The van der Waals surface area contributed by atoms with Gasteiger partial charge in [0.1, 0.15) is 10.0 Å². The predicted molar refractivity (Wildman–Crippen MR) is 313 cm³/mol. The van der Waals surface area contributed by atoms with E-state index < -0.39 is 0 Å². The Morgan fingerprint density at radius 3 is 1.26 bits per heavy atom. The first-order valence-corrected chi connectivity index (χ1v) is 26.7. The lowest BCUT2D eigenvalue weighted by Gasteiger charge is -2.22. The van der Waals surface area contributed by atoms with Gasteiger partial charge in [-0.3, -0.25) is 0 Å². The molecule has 1 aliphatic rings. The molecule has 2 heterocycles. The van der Waals surface area contributed by atoms with Gasteiger partial charge in [-0.2, -0.15) is 0 Å². The average Bonchev–Trinajstić information content (AvgIpc) is 4.16. The van der Waals surface area contributed by atoms with Gasteiger partial charge in [-0.1, -0.05) is 190 Å². The second-order valence-electron chi connectivity index (χ2n) is 20.1. The maximum atomic E-state index is 5.34. The van der Waals surface area contributed by atoms with E-state index in [4.69, 9.17) is 9.97 Å². The minimum atomic E-state index is -0.0793. The molecule has 1 aliphatic carbocycles. The van der Waals surface area contributed by atoms with Crippen LogP contribution in [0.15, 0.2) is 231 Å². The monoisotopic (exact) mass is 964 g/mol. The van der Waals surface area contributed by atoms with E-state index in [2.05, 4.69) is 244 Å². The number of benzene rings is 12. The average molecular weight is 965 g/mol. The molecule has 2 aromatic heterocycles. The van der Waals surface area contributed by atoms with Gasteiger partial charge in [0.2, 0.25) is 0 Å². The summed E-state index contributed by atoms with van der Waals surface area (Å²) in [4.78, 5) is 10.7. The van der Waals surface area contributed by atoms with Gasteiger partial charge in [0, 0.05) is 27.3 Å². The second-order valence-corrected chi connectivity index (χ2v) is 22.2. The Hall–Kier alpha value is -8.54. The summed E-state index contributed by atoms with van der Waals surface area (Å²) >= 11 is 3.53. The Morgan fingerprint density at radius 1 is 0.301 bits per heavy atom. The van der Waals surface area contributed by atoms with Crippen molar-refractivity contribution >= 4 is 86.2 Å². The molecular formula is C69H44N2S2.